The van der Waals surface area contributed by atoms with Crippen molar-refractivity contribution in [3.8, 4) is 17.2 Å². The van der Waals surface area contributed by atoms with Crippen molar-refractivity contribution in [1.29, 1.82) is 0 Å². The van der Waals surface area contributed by atoms with E-state index in [4.69, 9.17) is 23.2 Å². The fraction of sp³-hybridized carbons (Fsp3) is 0.0588. The first kappa shape index (κ1) is 19.7. The summed E-state index contributed by atoms with van der Waals surface area (Å²) < 4.78 is 27.8. The predicted molar refractivity (Wildman–Crippen MR) is 108 cm³/mol. The second-order valence-electron chi connectivity index (χ2n) is 5.62. The number of benzene rings is 1. The summed E-state index contributed by atoms with van der Waals surface area (Å²) in [5.41, 5.74) is 1.52. The normalized spacial score (nSPS) is 11.2. The molecule has 0 radical (unpaired) electrons. The molecule has 0 spiro atoms. The first-order valence-electron chi connectivity index (χ1n) is 7.51. The number of nitrogens with zero attached hydrogens (tertiary/aromatic N) is 3. The van der Waals surface area contributed by atoms with Crippen LogP contribution in [0.5, 0.6) is 0 Å². The number of halogens is 4. The number of hydrogen-bond acceptors (Lipinski definition) is 3. The Kier molecular flexibility index (Phi) is 5.49. The van der Waals surface area contributed by atoms with E-state index in [1.165, 1.54) is 16.9 Å². The van der Waals surface area contributed by atoms with Crippen molar-refractivity contribution < 1.29 is 8.78 Å². The Morgan fingerprint density at radius 3 is 2.63 bits per heavy atom. The number of H-pyrrole nitrogens is 1. The number of hydrogen-bond donors (Lipinski definition) is 2. The first-order chi connectivity index (χ1) is 12.4. The Morgan fingerprint density at radius 1 is 1.15 bits per heavy atom. The first-order valence-corrected chi connectivity index (χ1v) is 8.84. The van der Waals surface area contributed by atoms with Crippen LogP contribution < -0.4 is 11.5 Å². The molecule has 1 atom stereocenters. The lowest BCUT2D eigenvalue weighted by Crippen LogP contribution is -2.03. The van der Waals surface area contributed by atoms with Crippen LogP contribution in [0.1, 0.15) is 12.1 Å². The molecular formula is C17H14Cl2F2N5P. The number of nitrogens with one attached hydrogen (secondary N) is 1. The molecule has 0 fully saturated rings. The van der Waals surface area contributed by atoms with Crippen molar-refractivity contribution in [1.82, 2.24) is 25.9 Å². The van der Waals surface area contributed by atoms with Crippen molar-refractivity contribution in [3.63, 3.8) is 0 Å². The van der Waals surface area contributed by atoms with Crippen LogP contribution in [-0.2, 0) is 0 Å². The van der Waals surface area contributed by atoms with Crippen LogP contribution in [0, 0.1) is 0 Å². The Bertz CT molecular complexity index is 1130. The second-order valence-corrected chi connectivity index (χ2v) is 7.08. The van der Waals surface area contributed by atoms with E-state index in [1.807, 2.05) is 6.07 Å². The third-order valence-corrected chi connectivity index (χ3v) is 4.86. The number of rotatable bonds is 3. The van der Waals surface area contributed by atoms with E-state index in [-0.39, 0.29) is 17.7 Å². The maximum atomic E-state index is 13.3. The third kappa shape index (κ3) is 3.56. The summed E-state index contributed by atoms with van der Waals surface area (Å²) in [5.74, 6) is 0.277. The average Bonchev–Trinajstić information content (AvgIpc) is 3.19. The molecule has 1 aromatic carbocycles. The highest BCUT2D eigenvalue weighted by Crippen LogP contribution is 2.32. The molecule has 10 heteroatoms. The van der Waals surface area contributed by atoms with Gasteiger partial charge < -0.3 is 11.1 Å². The van der Waals surface area contributed by atoms with E-state index in [2.05, 4.69) is 24.3 Å². The van der Waals surface area contributed by atoms with Gasteiger partial charge >= 0.3 is 0 Å². The van der Waals surface area contributed by atoms with Crippen molar-refractivity contribution in [2.75, 3.05) is 0 Å². The summed E-state index contributed by atoms with van der Waals surface area (Å²) in [7, 11) is 2.60. The predicted octanol–water partition coefficient (Wildman–Crippen LogP) is 5.32. The van der Waals surface area contributed by atoms with Gasteiger partial charge in [-0.3, -0.25) is 0 Å². The molecule has 140 valence electrons. The van der Waals surface area contributed by atoms with E-state index in [1.54, 1.807) is 24.3 Å². The van der Waals surface area contributed by atoms with Gasteiger partial charge in [0.25, 0.3) is 6.43 Å². The molecule has 1 unspecified atom stereocenters. The van der Waals surface area contributed by atoms with Crippen LogP contribution in [0.4, 0.5) is 8.78 Å². The number of pyridine rings is 1. The Morgan fingerprint density at radius 2 is 1.93 bits per heavy atom. The summed E-state index contributed by atoms with van der Waals surface area (Å²) in [5, 5.41) is 6.62. The van der Waals surface area contributed by atoms with Gasteiger partial charge in [0.1, 0.15) is 5.69 Å². The average molecular weight is 428 g/mol. The number of alkyl halides is 2. The molecule has 4 aromatic rings. The molecule has 0 bridgehead atoms. The highest BCUT2D eigenvalue weighted by Gasteiger charge is 2.21. The van der Waals surface area contributed by atoms with Gasteiger partial charge in [0, 0.05) is 16.6 Å². The molecule has 0 aliphatic heterocycles. The quantitative estimate of drug-likeness (QED) is 0.434. The minimum absolute atomic E-state index is 0. The Labute approximate surface area is 165 Å². The van der Waals surface area contributed by atoms with E-state index in [0.717, 1.165) is 16.2 Å². The van der Waals surface area contributed by atoms with Gasteiger partial charge in [-0.25, -0.2) is 18.4 Å². The zero-order chi connectivity index (χ0) is 18.4. The van der Waals surface area contributed by atoms with Crippen LogP contribution in [0.25, 0.3) is 28.1 Å². The van der Waals surface area contributed by atoms with Crippen LogP contribution in [-0.4, -0.2) is 19.7 Å². The van der Waals surface area contributed by atoms with Crippen molar-refractivity contribution >= 4 is 48.6 Å². The molecule has 3 heterocycles. The number of fused-ring (bicyclic) bond motifs is 1. The third-order valence-electron chi connectivity index (χ3n) is 3.89. The number of aromatic nitrogens is 4. The smallest absolute Gasteiger partial charge is 0.282 e. The summed E-state index contributed by atoms with van der Waals surface area (Å²) in [6.07, 6.45) is -1.19. The van der Waals surface area contributed by atoms with Gasteiger partial charge in [0.15, 0.2) is 5.82 Å². The molecule has 27 heavy (non-hydrogen) atoms. The van der Waals surface area contributed by atoms with Gasteiger partial charge in [-0.05, 0) is 41.7 Å². The van der Waals surface area contributed by atoms with Crippen LogP contribution in [0.2, 0.25) is 10.0 Å². The monoisotopic (exact) mass is 427 g/mol. The van der Waals surface area contributed by atoms with E-state index in [0.29, 0.717) is 21.4 Å². The maximum Gasteiger partial charge on any atom is 0.282 e. The molecule has 3 aromatic heterocycles. The Balaban J connectivity index is 0.00000210. The molecule has 4 N–H and O–H groups in total. The fourth-order valence-electron chi connectivity index (χ4n) is 2.76. The van der Waals surface area contributed by atoms with Gasteiger partial charge in [-0.1, -0.05) is 23.2 Å². The van der Waals surface area contributed by atoms with E-state index < -0.39 is 6.43 Å². The van der Waals surface area contributed by atoms with Gasteiger partial charge in [0.05, 0.1) is 21.9 Å². The lowest BCUT2D eigenvalue weighted by Gasteiger charge is -2.06. The Hall–Kier alpha value is -2.05. The largest absolute Gasteiger partial charge is 0.353 e. The van der Waals surface area contributed by atoms with Crippen LogP contribution in [0.3, 0.4) is 0 Å². The van der Waals surface area contributed by atoms with E-state index >= 15 is 0 Å². The molecule has 0 saturated heterocycles. The van der Waals surface area contributed by atoms with Gasteiger partial charge in [-0.2, -0.15) is 5.10 Å². The molecule has 4 rings (SSSR count). The summed E-state index contributed by atoms with van der Waals surface area (Å²) in [6.45, 7) is 0. The minimum atomic E-state index is -2.71. The van der Waals surface area contributed by atoms with Crippen LogP contribution >= 0.6 is 32.4 Å². The molecule has 0 aliphatic carbocycles. The lowest BCUT2D eigenvalue weighted by atomic mass is 10.2. The standard InChI is InChI=1S/C17H11Cl2F2N4P.H3N/c18-9-4-8-5-11(23-15(8)14(26)6-9)13-7-12(16(20)21)24-25(13)17-10(19)2-1-3-22-17;/h1-7,16,23H,26H2;1H3. The summed E-state index contributed by atoms with van der Waals surface area (Å²) >= 11 is 12.3. The molecule has 0 aliphatic rings. The molecular weight excluding hydrogens is 414 g/mol. The van der Waals surface area contributed by atoms with Crippen molar-refractivity contribution in [2.24, 2.45) is 0 Å². The zero-order valence-electron chi connectivity index (χ0n) is 13.8. The summed E-state index contributed by atoms with van der Waals surface area (Å²) in [4.78, 5) is 7.41. The van der Waals surface area contributed by atoms with Crippen molar-refractivity contribution in [3.05, 3.63) is 58.3 Å². The molecule has 0 amide bonds. The maximum absolute atomic E-state index is 13.3. The van der Waals surface area contributed by atoms with E-state index in [9.17, 15) is 8.78 Å². The summed E-state index contributed by atoms with van der Waals surface area (Å²) in [6, 6.07) is 10.0. The highest BCUT2D eigenvalue weighted by atomic mass is 35.5. The lowest BCUT2D eigenvalue weighted by molar-refractivity contribution is 0.145. The molecule has 5 nitrogen and oxygen atoms in total. The molecule has 0 saturated carbocycles. The zero-order valence-corrected chi connectivity index (χ0v) is 16.4. The topological polar surface area (TPSA) is 81.5 Å². The van der Waals surface area contributed by atoms with Crippen LogP contribution in [0.15, 0.2) is 42.6 Å². The minimum Gasteiger partial charge on any atom is -0.353 e. The second kappa shape index (κ2) is 7.52. The highest BCUT2D eigenvalue weighted by molar-refractivity contribution is 7.28. The SMILES string of the molecule is FC(F)c1cc(-c2cc3cc(Cl)cc(P)c3[nH]2)n(-c2ncccc2Cl)n1.N. The van der Waals surface area contributed by atoms with Gasteiger partial charge in [0.2, 0.25) is 0 Å². The van der Waals surface area contributed by atoms with Crippen molar-refractivity contribution in [2.45, 2.75) is 6.43 Å². The van der Waals surface area contributed by atoms with Gasteiger partial charge in [-0.15, -0.1) is 9.24 Å². The number of aromatic amines is 1. The fourth-order valence-corrected chi connectivity index (χ4v) is 3.73.